The van der Waals surface area contributed by atoms with Crippen molar-refractivity contribution < 1.29 is 9.59 Å². The molecule has 4 nitrogen and oxygen atoms in total. The molecule has 2 saturated heterocycles. The number of nitrogens with zero attached hydrogens (tertiary/aromatic N) is 2. The first kappa shape index (κ1) is 12.6. The monoisotopic (exact) mass is 238 g/mol. The van der Waals surface area contributed by atoms with Crippen LogP contribution in [0.5, 0.6) is 0 Å². The Morgan fingerprint density at radius 2 is 1.82 bits per heavy atom. The molecule has 2 aliphatic heterocycles. The summed E-state index contributed by atoms with van der Waals surface area (Å²) in [4.78, 5) is 27.1. The Labute approximate surface area is 103 Å². The highest BCUT2D eigenvalue weighted by molar-refractivity contribution is 5.96. The summed E-state index contributed by atoms with van der Waals surface area (Å²) < 4.78 is 0. The van der Waals surface area contributed by atoms with Gasteiger partial charge in [0.1, 0.15) is 5.78 Å². The van der Waals surface area contributed by atoms with Crippen molar-refractivity contribution in [3.63, 3.8) is 0 Å². The quantitative estimate of drug-likeness (QED) is 0.690. The third-order valence-corrected chi connectivity index (χ3v) is 3.82. The maximum Gasteiger partial charge on any atom is 0.230 e. The van der Waals surface area contributed by atoms with Crippen LogP contribution in [-0.4, -0.2) is 53.7 Å². The van der Waals surface area contributed by atoms with Gasteiger partial charge in [-0.05, 0) is 39.3 Å². The number of likely N-dealkylation sites (tertiary alicyclic amines) is 2. The average molecular weight is 238 g/mol. The highest BCUT2D eigenvalue weighted by atomic mass is 16.2. The molecule has 0 radical (unpaired) electrons. The van der Waals surface area contributed by atoms with Crippen molar-refractivity contribution >= 4 is 11.7 Å². The lowest BCUT2D eigenvalue weighted by Crippen LogP contribution is -2.41. The van der Waals surface area contributed by atoms with Gasteiger partial charge >= 0.3 is 0 Å². The second kappa shape index (κ2) is 5.63. The first-order chi connectivity index (χ1) is 8.16. The van der Waals surface area contributed by atoms with Gasteiger partial charge in [0.05, 0.1) is 6.42 Å². The topological polar surface area (TPSA) is 40.6 Å². The van der Waals surface area contributed by atoms with Crippen LogP contribution in [0.25, 0.3) is 0 Å². The van der Waals surface area contributed by atoms with E-state index in [1.165, 1.54) is 39.3 Å². The number of piperidine rings is 1. The van der Waals surface area contributed by atoms with Crippen LogP contribution < -0.4 is 0 Å². The van der Waals surface area contributed by atoms with Crippen molar-refractivity contribution in [2.75, 3.05) is 26.2 Å². The second-order valence-corrected chi connectivity index (χ2v) is 5.26. The van der Waals surface area contributed by atoms with E-state index in [2.05, 4.69) is 4.90 Å². The van der Waals surface area contributed by atoms with E-state index in [9.17, 15) is 9.59 Å². The molecule has 0 bridgehead atoms. The first-order valence-electron chi connectivity index (χ1n) is 6.68. The van der Waals surface area contributed by atoms with Gasteiger partial charge in [-0.25, -0.2) is 0 Å². The van der Waals surface area contributed by atoms with Gasteiger partial charge in [-0.2, -0.15) is 0 Å². The van der Waals surface area contributed by atoms with E-state index in [0.717, 1.165) is 19.5 Å². The predicted molar refractivity (Wildman–Crippen MR) is 65.7 cm³/mol. The van der Waals surface area contributed by atoms with E-state index in [0.29, 0.717) is 6.04 Å². The first-order valence-corrected chi connectivity index (χ1v) is 6.68. The Morgan fingerprint density at radius 3 is 2.47 bits per heavy atom. The van der Waals surface area contributed by atoms with Crippen LogP contribution in [0.4, 0.5) is 0 Å². The summed E-state index contributed by atoms with van der Waals surface area (Å²) in [5.41, 5.74) is 0. The third-order valence-electron chi connectivity index (χ3n) is 3.82. The molecular weight excluding hydrogens is 216 g/mol. The minimum Gasteiger partial charge on any atom is -0.341 e. The Bertz CT molecular complexity index is 298. The van der Waals surface area contributed by atoms with Gasteiger partial charge in [-0.1, -0.05) is 6.42 Å². The molecule has 2 heterocycles. The standard InChI is InChI=1S/C13H22N2O2/c1-11(16)9-13(17)15-8-5-12(10-15)14-6-3-2-4-7-14/h12H,2-10H2,1H3. The SMILES string of the molecule is CC(=O)CC(=O)N1CCC(N2CCCCC2)C1. The van der Waals surface area contributed by atoms with Crippen molar-refractivity contribution in [3.05, 3.63) is 0 Å². The average Bonchev–Trinajstić information content (AvgIpc) is 2.78. The van der Waals surface area contributed by atoms with E-state index >= 15 is 0 Å². The molecule has 2 aliphatic rings. The van der Waals surface area contributed by atoms with Gasteiger partial charge in [0.15, 0.2) is 0 Å². The fourth-order valence-corrected chi connectivity index (χ4v) is 2.87. The number of carbonyl (C=O) groups is 2. The zero-order chi connectivity index (χ0) is 12.3. The molecule has 0 N–H and O–H groups in total. The number of Topliss-reactive ketones (excluding diaryl/α,β-unsaturated/α-hetero) is 1. The number of carbonyl (C=O) groups excluding carboxylic acids is 2. The van der Waals surface area contributed by atoms with E-state index in [4.69, 9.17) is 0 Å². The zero-order valence-electron chi connectivity index (χ0n) is 10.7. The highest BCUT2D eigenvalue weighted by Crippen LogP contribution is 2.20. The van der Waals surface area contributed by atoms with Gasteiger partial charge < -0.3 is 4.90 Å². The van der Waals surface area contributed by atoms with Crippen LogP contribution in [0.15, 0.2) is 0 Å². The van der Waals surface area contributed by atoms with Crippen LogP contribution in [0.3, 0.4) is 0 Å². The van der Waals surface area contributed by atoms with Gasteiger partial charge in [-0.3, -0.25) is 14.5 Å². The molecule has 0 aliphatic carbocycles. The molecule has 0 spiro atoms. The van der Waals surface area contributed by atoms with E-state index < -0.39 is 0 Å². The molecule has 2 fully saturated rings. The lowest BCUT2D eigenvalue weighted by Gasteiger charge is -2.32. The lowest BCUT2D eigenvalue weighted by molar-refractivity contribution is -0.134. The van der Waals surface area contributed by atoms with E-state index in [1.807, 2.05) is 4.90 Å². The molecule has 2 rings (SSSR count). The molecule has 0 aromatic rings. The molecule has 96 valence electrons. The Kier molecular flexibility index (Phi) is 4.15. The molecule has 4 heteroatoms. The number of amides is 1. The number of rotatable bonds is 3. The third kappa shape index (κ3) is 3.28. The summed E-state index contributed by atoms with van der Waals surface area (Å²) in [6, 6.07) is 0.534. The number of hydrogen-bond donors (Lipinski definition) is 0. The highest BCUT2D eigenvalue weighted by Gasteiger charge is 2.30. The smallest absolute Gasteiger partial charge is 0.230 e. The fraction of sp³-hybridized carbons (Fsp3) is 0.846. The maximum absolute atomic E-state index is 11.8. The Balaban J connectivity index is 1.82. The fourth-order valence-electron chi connectivity index (χ4n) is 2.87. The van der Waals surface area contributed by atoms with Crippen molar-refractivity contribution in [1.29, 1.82) is 0 Å². The van der Waals surface area contributed by atoms with E-state index in [-0.39, 0.29) is 18.1 Å². The molecule has 0 aromatic carbocycles. The Morgan fingerprint density at radius 1 is 1.12 bits per heavy atom. The summed E-state index contributed by atoms with van der Waals surface area (Å²) in [6.07, 6.45) is 5.07. The van der Waals surface area contributed by atoms with E-state index in [1.54, 1.807) is 0 Å². The van der Waals surface area contributed by atoms with Crippen molar-refractivity contribution in [2.45, 2.75) is 45.1 Å². The summed E-state index contributed by atoms with van der Waals surface area (Å²) in [7, 11) is 0. The predicted octanol–water partition coefficient (Wildman–Crippen LogP) is 1.05. The van der Waals surface area contributed by atoms with Crippen LogP contribution in [0, 0.1) is 0 Å². The lowest BCUT2D eigenvalue weighted by atomic mass is 10.1. The number of ketones is 1. The van der Waals surface area contributed by atoms with Crippen molar-refractivity contribution in [1.82, 2.24) is 9.80 Å². The second-order valence-electron chi connectivity index (χ2n) is 5.26. The molecular formula is C13H22N2O2. The molecule has 0 saturated carbocycles. The minimum atomic E-state index is -0.0311. The minimum absolute atomic E-state index is 0.0111. The van der Waals surface area contributed by atoms with Crippen LogP contribution in [0.2, 0.25) is 0 Å². The molecule has 0 aromatic heterocycles. The van der Waals surface area contributed by atoms with Gasteiger partial charge in [0.25, 0.3) is 0 Å². The summed E-state index contributed by atoms with van der Waals surface area (Å²) in [5, 5.41) is 0. The van der Waals surface area contributed by atoms with Gasteiger partial charge in [0, 0.05) is 19.1 Å². The van der Waals surface area contributed by atoms with Gasteiger partial charge in [-0.15, -0.1) is 0 Å². The molecule has 1 atom stereocenters. The zero-order valence-corrected chi connectivity index (χ0v) is 10.7. The van der Waals surface area contributed by atoms with Crippen LogP contribution >= 0.6 is 0 Å². The summed E-state index contributed by atoms with van der Waals surface area (Å²) in [5.74, 6) is -0.0200. The summed E-state index contributed by atoms with van der Waals surface area (Å²) in [6.45, 7) is 5.49. The van der Waals surface area contributed by atoms with Crippen molar-refractivity contribution in [2.24, 2.45) is 0 Å². The largest absolute Gasteiger partial charge is 0.341 e. The van der Waals surface area contributed by atoms with Gasteiger partial charge in [0.2, 0.25) is 5.91 Å². The molecule has 1 amide bonds. The Hall–Kier alpha value is -0.900. The molecule has 1 unspecified atom stereocenters. The van der Waals surface area contributed by atoms with Crippen LogP contribution in [-0.2, 0) is 9.59 Å². The van der Waals surface area contributed by atoms with Crippen molar-refractivity contribution in [3.8, 4) is 0 Å². The maximum atomic E-state index is 11.8. The normalized spacial score (nSPS) is 26.2. The molecule has 17 heavy (non-hydrogen) atoms. The summed E-state index contributed by atoms with van der Waals surface area (Å²) >= 11 is 0. The van der Waals surface area contributed by atoms with Crippen LogP contribution in [0.1, 0.15) is 39.0 Å². The number of hydrogen-bond acceptors (Lipinski definition) is 3.